The molecule has 0 aromatic heterocycles. The van der Waals surface area contributed by atoms with Gasteiger partial charge in [0, 0.05) is 4.83 Å². The second kappa shape index (κ2) is 17.6. The molecule has 1 unspecified atom stereocenters. The third kappa shape index (κ3) is 18.7. The quantitative estimate of drug-likeness (QED) is 0.125. The lowest BCUT2D eigenvalue weighted by molar-refractivity contribution is 0.0774. The lowest BCUT2D eigenvalue weighted by Crippen LogP contribution is -2.31. The first-order valence-electron chi connectivity index (χ1n) is 12.5. The summed E-state index contributed by atoms with van der Waals surface area (Å²) in [6.45, 7) is 17.1. The van der Waals surface area contributed by atoms with E-state index in [2.05, 4.69) is 87.9 Å². The number of aliphatic hydroxyl groups is 1. The fraction of sp³-hybridized carbons (Fsp3) is 0.667. The van der Waals surface area contributed by atoms with Crippen LogP contribution >= 0.6 is 15.9 Å². The number of hydrogen-bond donors (Lipinski definition) is 1. The molecule has 1 nitrogen and oxygen atoms in total. The Morgan fingerprint density at radius 2 is 0.969 bits per heavy atom. The van der Waals surface area contributed by atoms with Crippen LogP contribution in [0.5, 0.6) is 0 Å². The first kappa shape index (κ1) is 31.1. The van der Waals surface area contributed by atoms with Gasteiger partial charge in [-0.25, -0.2) is 0 Å². The fourth-order valence-corrected chi connectivity index (χ4v) is 3.69. The minimum Gasteiger partial charge on any atom is -0.389 e. The third-order valence-corrected chi connectivity index (χ3v) is 7.44. The molecular formula is C30H51BrO. The van der Waals surface area contributed by atoms with E-state index < -0.39 is 5.60 Å². The van der Waals surface area contributed by atoms with Gasteiger partial charge in [-0.1, -0.05) is 74.2 Å². The number of allylic oxidation sites excluding steroid dienone is 10. The molecule has 0 fully saturated rings. The van der Waals surface area contributed by atoms with Crippen LogP contribution in [0.2, 0.25) is 0 Å². The summed E-state index contributed by atoms with van der Waals surface area (Å²) in [7, 11) is 0. The Bertz CT molecular complexity index is 663. The van der Waals surface area contributed by atoms with Crippen molar-refractivity contribution in [2.75, 3.05) is 0 Å². The zero-order valence-electron chi connectivity index (χ0n) is 22.4. The molecule has 0 heterocycles. The minimum absolute atomic E-state index is 0.143. The molecule has 2 heteroatoms. The van der Waals surface area contributed by atoms with Crippen molar-refractivity contribution in [3.8, 4) is 0 Å². The van der Waals surface area contributed by atoms with Crippen LogP contribution in [0.25, 0.3) is 0 Å². The molecule has 0 aliphatic rings. The van der Waals surface area contributed by atoms with Gasteiger partial charge in [0.25, 0.3) is 0 Å². The average molecular weight is 508 g/mol. The van der Waals surface area contributed by atoms with E-state index in [1.807, 2.05) is 13.8 Å². The van der Waals surface area contributed by atoms with Crippen LogP contribution in [0.15, 0.2) is 58.2 Å². The molecule has 0 rings (SSSR count). The summed E-state index contributed by atoms with van der Waals surface area (Å²) in [4.78, 5) is 0.143. The second-order valence-electron chi connectivity index (χ2n) is 10.3. The van der Waals surface area contributed by atoms with E-state index in [1.165, 1.54) is 47.1 Å². The zero-order valence-corrected chi connectivity index (χ0v) is 23.9. The Kier molecular flexibility index (Phi) is 17.1. The van der Waals surface area contributed by atoms with Crippen molar-refractivity contribution in [3.05, 3.63) is 58.2 Å². The van der Waals surface area contributed by atoms with Gasteiger partial charge in [0.05, 0.1) is 5.60 Å². The molecule has 0 aromatic carbocycles. The van der Waals surface area contributed by atoms with Gasteiger partial charge >= 0.3 is 0 Å². The molecule has 32 heavy (non-hydrogen) atoms. The predicted molar refractivity (Wildman–Crippen MR) is 150 cm³/mol. The minimum atomic E-state index is -0.659. The molecule has 1 atom stereocenters. The summed E-state index contributed by atoms with van der Waals surface area (Å²) in [5.74, 6) is 0. The van der Waals surface area contributed by atoms with Crippen LogP contribution in [0.1, 0.15) is 120 Å². The van der Waals surface area contributed by atoms with Crippen LogP contribution < -0.4 is 0 Å². The maximum absolute atomic E-state index is 10.0. The van der Waals surface area contributed by atoms with Crippen LogP contribution in [-0.4, -0.2) is 15.5 Å². The standard InChI is InChI=1S/C30H51BrO/c1-24(2)14-11-17-27(5)20-12-18-25(3)15-9-10-16-26(4)19-13-21-28(6)22-23-29(31)30(7,8)32/h14-16,20-21,29,32H,9-13,17-19,22-23H2,1-8H3/b25-15+,26-16+,27-20+,28-21+. The molecule has 0 saturated carbocycles. The van der Waals surface area contributed by atoms with Crippen molar-refractivity contribution in [1.82, 2.24) is 0 Å². The molecule has 0 radical (unpaired) electrons. The summed E-state index contributed by atoms with van der Waals surface area (Å²) in [6.07, 6.45) is 23.2. The predicted octanol–water partition coefficient (Wildman–Crippen LogP) is 10.2. The monoisotopic (exact) mass is 506 g/mol. The normalized spacial score (nSPS) is 15.2. The fourth-order valence-electron chi connectivity index (χ4n) is 3.46. The van der Waals surface area contributed by atoms with Crippen LogP contribution in [0.4, 0.5) is 0 Å². The maximum Gasteiger partial charge on any atom is 0.0716 e. The molecule has 1 N–H and O–H groups in total. The Morgan fingerprint density at radius 1 is 0.625 bits per heavy atom. The highest BCUT2D eigenvalue weighted by molar-refractivity contribution is 9.09. The van der Waals surface area contributed by atoms with Crippen molar-refractivity contribution in [2.24, 2.45) is 0 Å². The van der Waals surface area contributed by atoms with Gasteiger partial charge in [0.2, 0.25) is 0 Å². The third-order valence-electron chi connectivity index (χ3n) is 5.87. The van der Waals surface area contributed by atoms with Crippen molar-refractivity contribution in [2.45, 2.75) is 130 Å². The molecule has 0 aliphatic carbocycles. The van der Waals surface area contributed by atoms with E-state index in [1.54, 1.807) is 0 Å². The smallest absolute Gasteiger partial charge is 0.0716 e. The number of hydrogen-bond acceptors (Lipinski definition) is 1. The van der Waals surface area contributed by atoms with E-state index in [0.717, 1.165) is 44.9 Å². The van der Waals surface area contributed by atoms with Crippen LogP contribution in [-0.2, 0) is 0 Å². The van der Waals surface area contributed by atoms with Crippen molar-refractivity contribution < 1.29 is 5.11 Å². The number of unbranched alkanes of at least 4 members (excludes halogenated alkanes) is 1. The van der Waals surface area contributed by atoms with Gasteiger partial charge in [-0.2, -0.15) is 0 Å². The molecule has 0 saturated heterocycles. The largest absolute Gasteiger partial charge is 0.389 e. The van der Waals surface area contributed by atoms with Crippen LogP contribution in [0, 0.1) is 0 Å². The second-order valence-corrected chi connectivity index (χ2v) is 11.4. The average Bonchev–Trinajstić information content (AvgIpc) is 2.68. The Morgan fingerprint density at radius 3 is 1.34 bits per heavy atom. The van der Waals surface area contributed by atoms with Gasteiger partial charge in [0.1, 0.15) is 0 Å². The first-order chi connectivity index (χ1) is 14.9. The topological polar surface area (TPSA) is 20.2 Å². The van der Waals surface area contributed by atoms with Gasteiger partial charge in [0.15, 0.2) is 0 Å². The summed E-state index contributed by atoms with van der Waals surface area (Å²) in [6, 6.07) is 0. The molecule has 0 amide bonds. The molecule has 0 aliphatic heterocycles. The Labute approximate surface area is 209 Å². The lowest BCUT2D eigenvalue weighted by Gasteiger charge is -2.24. The van der Waals surface area contributed by atoms with E-state index in [9.17, 15) is 5.11 Å². The number of alkyl halides is 1. The molecule has 0 aromatic rings. The highest BCUT2D eigenvalue weighted by atomic mass is 79.9. The molecule has 184 valence electrons. The highest BCUT2D eigenvalue weighted by Crippen LogP contribution is 2.24. The number of rotatable bonds is 16. The van der Waals surface area contributed by atoms with E-state index >= 15 is 0 Å². The summed E-state index contributed by atoms with van der Waals surface area (Å²) < 4.78 is 0. The number of halogens is 1. The van der Waals surface area contributed by atoms with Gasteiger partial charge in [-0.05, 0) is 120 Å². The Balaban J connectivity index is 4.11. The molecular weight excluding hydrogens is 456 g/mol. The van der Waals surface area contributed by atoms with Gasteiger partial charge in [-0.3, -0.25) is 0 Å². The van der Waals surface area contributed by atoms with E-state index in [0.29, 0.717) is 0 Å². The van der Waals surface area contributed by atoms with E-state index in [-0.39, 0.29) is 4.83 Å². The van der Waals surface area contributed by atoms with E-state index in [4.69, 9.17) is 0 Å². The summed E-state index contributed by atoms with van der Waals surface area (Å²) in [5.41, 5.74) is 6.70. The van der Waals surface area contributed by atoms with Crippen LogP contribution in [0.3, 0.4) is 0 Å². The van der Waals surface area contributed by atoms with Gasteiger partial charge < -0.3 is 5.11 Å². The van der Waals surface area contributed by atoms with Gasteiger partial charge in [-0.15, -0.1) is 0 Å². The zero-order chi connectivity index (χ0) is 24.6. The lowest BCUT2D eigenvalue weighted by atomic mass is 9.98. The molecule has 0 spiro atoms. The maximum atomic E-state index is 10.0. The first-order valence-corrected chi connectivity index (χ1v) is 13.5. The highest BCUT2D eigenvalue weighted by Gasteiger charge is 2.23. The summed E-state index contributed by atoms with van der Waals surface area (Å²) >= 11 is 3.60. The van der Waals surface area contributed by atoms with Crippen molar-refractivity contribution in [1.29, 1.82) is 0 Å². The van der Waals surface area contributed by atoms with Crippen molar-refractivity contribution >= 4 is 15.9 Å². The van der Waals surface area contributed by atoms with Crippen molar-refractivity contribution in [3.63, 3.8) is 0 Å². The summed E-state index contributed by atoms with van der Waals surface area (Å²) in [5, 5.41) is 10.0. The Hall–Kier alpha value is -0.860. The SMILES string of the molecule is CC(C)=CCC/C(C)=C/CC/C(C)=C/CC/C=C(\C)CC/C=C(\C)CCC(Br)C(C)(C)O. The molecule has 0 bridgehead atoms.